The molecule has 1 unspecified atom stereocenters. The molecule has 5 heteroatoms. The molecular weight excluding hydrogens is 222 g/mol. The minimum atomic E-state index is -1.65. The maximum atomic E-state index is 11.3. The number of hydrogen-bond donors (Lipinski definition) is 2. The highest BCUT2D eigenvalue weighted by molar-refractivity contribution is 5.96. The first kappa shape index (κ1) is 11.9. The van der Waals surface area contributed by atoms with Gasteiger partial charge in [0.2, 0.25) is 0 Å². The average Bonchev–Trinajstić information content (AvgIpc) is 2.24. The highest BCUT2D eigenvalue weighted by Crippen LogP contribution is 2.36. The zero-order chi connectivity index (χ0) is 12.8. The molecule has 1 aromatic carbocycles. The molecule has 0 saturated carbocycles. The van der Waals surface area contributed by atoms with Gasteiger partial charge in [0.15, 0.2) is 0 Å². The Balaban J connectivity index is 2.48. The van der Waals surface area contributed by atoms with Crippen LogP contribution >= 0.6 is 0 Å². The summed E-state index contributed by atoms with van der Waals surface area (Å²) in [5, 5.41) is 19.3. The number of hydroxylamine groups is 1. The Kier molecular flexibility index (Phi) is 2.60. The number of rotatable bonds is 0. The van der Waals surface area contributed by atoms with E-state index in [-0.39, 0.29) is 11.1 Å². The maximum absolute atomic E-state index is 11.3. The van der Waals surface area contributed by atoms with Gasteiger partial charge in [-0.15, -0.1) is 0 Å². The average molecular weight is 237 g/mol. The van der Waals surface area contributed by atoms with Crippen molar-refractivity contribution in [2.75, 3.05) is 5.06 Å². The number of carbonyl (C=O) groups excluding carboxylic acids is 1. The molecule has 1 atom stereocenters. The van der Waals surface area contributed by atoms with Gasteiger partial charge in [-0.1, -0.05) is 26.8 Å². The van der Waals surface area contributed by atoms with Gasteiger partial charge in [0.1, 0.15) is 11.4 Å². The summed E-state index contributed by atoms with van der Waals surface area (Å²) in [6, 6.07) is 5.13. The van der Waals surface area contributed by atoms with Gasteiger partial charge in [-0.25, -0.2) is 0 Å². The van der Waals surface area contributed by atoms with Crippen molar-refractivity contribution in [1.82, 2.24) is 0 Å². The number of ether oxygens (including phenoxy) is 1. The molecule has 0 aliphatic carbocycles. The number of aliphatic hydroxyl groups is 1. The van der Waals surface area contributed by atoms with Gasteiger partial charge in [0.05, 0.1) is 0 Å². The number of fused-ring (bicyclic) bond motifs is 1. The van der Waals surface area contributed by atoms with Gasteiger partial charge in [-0.05, 0) is 23.1 Å². The van der Waals surface area contributed by atoms with Crippen molar-refractivity contribution in [3.05, 3.63) is 23.8 Å². The van der Waals surface area contributed by atoms with E-state index in [1.54, 1.807) is 12.1 Å². The van der Waals surface area contributed by atoms with Gasteiger partial charge >= 0.3 is 5.91 Å². The smallest absolute Gasteiger partial charge is 0.320 e. The van der Waals surface area contributed by atoms with Crippen molar-refractivity contribution in [1.29, 1.82) is 0 Å². The fraction of sp³-hybridized carbons (Fsp3) is 0.417. The van der Waals surface area contributed by atoms with Crippen LogP contribution in [0.4, 0.5) is 5.69 Å². The Bertz CT molecular complexity index is 464. The summed E-state index contributed by atoms with van der Waals surface area (Å²) >= 11 is 0. The molecular formula is C12H15NO4. The molecule has 0 saturated heterocycles. The number of hydrogen-bond acceptors (Lipinski definition) is 4. The minimum absolute atomic E-state index is 0.0783. The first-order chi connectivity index (χ1) is 7.80. The van der Waals surface area contributed by atoms with Crippen LogP contribution in [-0.4, -0.2) is 22.5 Å². The normalized spacial score (nSPS) is 19.9. The summed E-state index contributed by atoms with van der Waals surface area (Å²) in [6.45, 7) is 6.11. The molecule has 0 aromatic heterocycles. The van der Waals surface area contributed by atoms with Crippen LogP contribution in [0.25, 0.3) is 0 Å². The molecule has 2 N–H and O–H groups in total. The summed E-state index contributed by atoms with van der Waals surface area (Å²) in [7, 11) is 0. The van der Waals surface area contributed by atoms with Crippen LogP contribution in [0.15, 0.2) is 18.2 Å². The summed E-state index contributed by atoms with van der Waals surface area (Å²) in [6.07, 6.45) is -1.65. The second-order valence-corrected chi connectivity index (χ2v) is 5.05. The Labute approximate surface area is 99.2 Å². The molecule has 17 heavy (non-hydrogen) atoms. The third-order valence-corrected chi connectivity index (χ3v) is 2.71. The lowest BCUT2D eigenvalue weighted by Gasteiger charge is -2.29. The first-order valence-electron chi connectivity index (χ1n) is 5.33. The molecule has 1 heterocycles. The Morgan fingerprint density at radius 2 is 2.00 bits per heavy atom. The lowest BCUT2D eigenvalue weighted by molar-refractivity contribution is -0.148. The Morgan fingerprint density at radius 3 is 2.59 bits per heavy atom. The van der Waals surface area contributed by atoms with E-state index in [4.69, 9.17) is 4.74 Å². The largest absolute Gasteiger partial charge is 0.453 e. The van der Waals surface area contributed by atoms with Gasteiger partial charge in [0, 0.05) is 0 Å². The second-order valence-electron chi connectivity index (χ2n) is 5.05. The third-order valence-electron chi connectivity index (χ3n) is 2.71. The number of nitrogens with zero attached hydrogens (tertiary/aromatic N) is 1. The van der Waals surface area contributed by atoms with E-state index < -0.39 is 12.2 Å². The monoisotopic (exact) mass is 237 g/mol. The van der Waals surface area contributed by atoms with Crippen LogP contribution in [0.2, 0.25) is 0 Å². The van der Waals surface area contributed by atoms with Gasteiger partial charge in [-0.3, -0.25) is 10.0 Å². The number of amides is 1. The summed E-state index contributed by atoms with van der Waals surface area (Å²) in [5.74, 6) is -0.590. The highest BCUT2D eigenvalue weighted by atomic mass is 16.6. The quantitative estimate of drug-likeness (QED) is 0.669. The highest BCUT2D eigenvalue weighted by Gasteiger charge is 2.33. The fourth-order valence-electron chi connectivity index (χ4n) is 1.64. The van der Waals surface area contributed by atoms with E-state index in [2.05, 4.69) is 0 Å². The number of anilines is 1. The maximum Gasteiger partial charge on any atom is 0.320 e. The van der Waals surface area contributed by atoms with Crippen LogP contribution in [-0.2, 0) is 10.2 Å². The van der Waals surface area contributed by atoms with Crippen molar-refractivity contribution < 1.29 is 19.8 Å². The summed E-state index contributed by atoms with van der Waals surface area (Å²) in [5.41, 5.74) is 1.16. The van der Waals surface area contributed by atoms with E-state index in [9.17, 15) is 15.1 Å². The van der Waals surface area contributed by atoms with Crippen molar-refractivity contribution >= 4 is 11.6 Å². The van der Waals surface area contributed by atoms with Crippen molar-refractivity contribution in [3.63, 3.8) is 0 Å². The van der Waals surface area contributed by atoms with Crippen LogP contribution in [0.5, 0.6) is 5.75 Å². The zero-order valence-electron chi connectivity index (χ0n) is 9.97. The molecule has 0 bridgehead atoms. The van der Waals surface area contributed by atoms with Crippen LogP contribution < -0.4 is 9.80 Å². The molecule has 1 aliphatic heterocycles. The lowest BCUT2D eigenvalue weighted by Crippen LogP contribution is -2.44. The van der Waals surface area contributed by atoms with Gasteiger partial charge in [0.25, 0.3) is 6.29 Å². The topological polar surface area (TPSA) is 70.0 Å². The molecule has 1 aliphatic rings. The first-order valence-corrected chi connectivity index (χ1v) is 5.33. The van der Waals surface area contributed by atoms with Crippen molar-refractivity contribution in [3.8, 4) is 5.75 Å². The Morgan fingerprint density at radius 1 is 1.35 bits per heavy atom. The second kappa shape index (κ2) is 3.72. The summed E-state index contributed by atoms with van der Waals surface area (Å²) < 4.78 is 5.05. The molecule has 1 amide bonds. The van der Waals surface area contributed by atoms with E-state index in [1.165, 1.54) is 0 Å². The minimum Gasteiger partial charge on any atom is -0.453 e. The van der Waals surface area contributed by atoms with E-state index in [1.807, 2.05) is 26.8 Å². The van der Waals surface area contributed by atoms with Crippen LogP contribution in [0.3, 0.4) is 0 Å². The molecule has 0 spiro atoms. The van der Waals surface area contributed by atoms with E-state index in [0.717, 1.165) is 5.56 Å². The van der Waals surface area contributed by atoms with Gasteiger partial charge in [-0.2, -0.15) is 5.06 Å². The molecule has 2 rings (SSSR count). The van der Waals surface area contributed by atoms with Crippen molar-refractivity contribution in [2.24, 2.45) is 0 Å². The standard InChI is InChI=1S/C12H15NO4/c1-12(2,3)7-4-5-8-9(6-7)17-11(15)10(14)13(8)16/h4-6,11,15-16H,1-3H3. The van der Waals surface area contributed by atoms with Crippen LogP contribution in [0.1, 0.15) is 26.3 Å². The van der Waals surface area contributed by atoms with E-state index in [0.29, 0.717) is 10.8 Å². The molecule has 0 radical (unpaired) electrons. The van der Waals surface area contributed by atoms with Crippen LogP contribution in [0, 0.1) is 0 Å². The fourth-order valence-corrected chi connectivity index (χ4v) is 1.64. The molecule has 1 aromatic rings. The van der Waals surface area contributed by atoms with E-state index >= 15 is 0 Å². The summed E-state index contributed by atoms with van der Waals surface area (Å²) in [4.78, 5) is 11.3. The van der Waals surface area contributed by atoms with Gasteiger partial charge < -0.3 is 9.84 Å². The molecule has 0 fully saturated rings. The SMILES string of the molecule is CC(C)(C)c1ccc2c(c1)OC(O)C(=O)N2O. The molecule has 5 nitrogen and oxygen atoms in total. The molecule has 92 valence electrons. The number of benzene rings is 1. The Hall–Kier alpha value is -1.59. The number of aliphatic hydroxyl groups excluding tert-OH is 1. The number of carbonyl (C=O) groups is 1. The van der Waals surface area contributed by atoms with Crippen molar-refractivity contribution in [2.45, 2.75) is 32.5 Å². The predicted molar refractivity (Wildman–Crippen MR) is 61.0 cm³/mol. The predicted octanol–water partition coefficient (Wildman–Crippen LogP) is 1.42. The third kappa shape index (κ3) is 1.99. The zero-order valence-corrected chi connectivity index (χ0v) is 9.97. The lowest BCUT2D eigenvalue weighted by atomic mass is 9.87.